The van der Waals surface area contributed by atoms with E-state index in [1.54, 1.807) is 0 Å². The average Bonchev–Trinajstić information content (AvgIpc) is 2.67. The third-order valence-corrected chi connectivity index (χ3v) is 3.14. The lowest BCUT2D eigenvalue weighted by atomic mass is 10.1. The van der Waals surface area contributed by atoms with Crippen LogP contribution in [-0.2, 0) is 0 Å². The van der Waals surface area contributed by atoms with E-state index in [0.29, 0.717) is 6.04 Å². The van der Waals surface area contributed by atoms with Gasteiger partial charge < -0.3 is 0 Å². The molecule has 0 unspecified atom stereocenters. The number of halogens is 1. The molecular formula is C10H14BrN3. The molecule has 1 aromatic heterocycles. The zero-order chi connectivity index (χ0) is 9.97. The molecule has 0 saturated carbocycles. The van der Waals surface area contributed by atoms with Gasteiger partial charge in [0.15, 0.2) is 0 Å². The molecule has 2 heterocycles. The van der Waals surface area contributed by atoms with Crippen LogP contribution in [-0.4, -0.2) is 23.6 Å². The van der Waals surface area contributed by atoms with Crippen LogP contribution in [0.15, 0.2) is 22.9 Å². The maximum Gasteiger partial charge on any atom is 0.106 e. The van der Waals surface area contributed by atoms with Gasteiger partial charge in [0.1, 0.15) is 4.60 Å². The Morgan fingerprint density at radius 2 is 2.43 bits per heavy atom. The Morgan fingerprint density at radius 3 is 3.07 bits per heavy atom. The third-order valence-electron chi connectivity index (χ3n) is 2.68. The lowest BCUT2D eigenvalue weighted by Gasteiger charge is -2.23. The molecule has 4 heteroatoms. The topological polar surface area (TPSA) is 28.2 Å². The highest BCUT2D eigenvalue weighted by molar-refractivity contribution is 9.10. The highest BCUT2D eigenvalue weighted by Crippen LogP contribution is 2.29. The molecule has 0 amide bonds. The summed E-state index contributed by atoms with van der Waals surface area (Å²) in [7, 11) is 1.98. The van der Waals surface area contributed by atoms with E-state index in [0.717, 1.165) is 11.1 Å². The van der Waals surface area contributed by atoms with Crippen LogP contribution in [0.2, 0.25) is 0 Å². The van der Waals surface area contributed by atoms with E-state index in [9.17, 15) is 0 Å². The molecule has 2 rings (SSSR count). The Balaban J connectivity index is 2.17. The predicted molar refractivity (Wildman–Crippen MR) is 59.7 cm³/mol. The number of nitrogens with one attached hydrogen (secondary N) is 1. The highest BCUT2D eigenvalue weighted by Gasteiger charge is 2.24. The molecule has 0 aromatic carbocycles. The van der Waals surface area contributed by atoms with E-state index in [4.69, 9.17) is 0 Å². The number of aromatic nitrogens is 1. The van der Waals surface area contributed by atoms with E-state index in [-0.39, 0.29) is 0 Å². The number of rotatable bonds is 2. The molecule has 0 spiro atoms. The largest absolute Gasteiger partial charge is 0.258 e. The maximum absolute atomic E-state index is 4.25. The minimum atomic E-state index is 0.487. The second kappa shape index (κ2) is 4.38. The molecule has 1 aliphatic rings. The zero-order valence-corrected chi connectivity index (χ0v) is 9.79. The summed E-state index contributed by atoms with van der Waals surface area (Å²) in [6, 6.07) is 4.62. The molecular weight excluding hydrogens is 242 g/mol. The Bertz CT molecular complexity index is 299. The minimum Gasteiger partial charge on any atom is -0.258 e. The third kappa shape index (κ3) is 1.97. The van der Waals surface area contributed by atoms with E-state index < -0.39 is 0 Å². The van der Waals surface area contributed by atoms with Gasteiger partial charge in [-0.3, -0.25) is 5.43 Å². The molecule has 1 aliphatic heterocycles. The Kier molecular flexibility index (Phi) is 3.15. The molecule has 1 aromatic rings. The molecule has 1 saturated heterocycles. The number of nitrogens with zero attached hydrogens (tertiary/aromatic N) is 2. The van der Waals surface area contributed by atoms with E-state index in [1.165, 1.54) is 18.4 Å². The van der Waals surface area contributed by atoms with Crippen molar-refractivity contribution in [2.24, 2.45) is 0 Å². The van der Waals surface area contributed by atoms with Crippen molar-refractivity contribution in [2.75, 3.05) is 13.6 Å². The number of hydrogen-bond donors (Lipinski definition) is 1. The van der Waals surface area contributed by atoms with Crippen LogP contribution in [0.25, 0.3) is 0 Å². The summed E-state index contributed by atoms with van der Waals surface area (Å²) in [5.74, 6) is 0. The van der Waals surface area contributed by atoms with Crippen LogP contribution in [0.4, 0.5) is 0 Å². The first-order chi connectivity index (χ1) is 6.81. The van der Waals surface area contributed by atoms with Crippen LogP contribution in [0.5, 0.6) is 0 Å². The van der Waals surface area contributed by atoms with Gasteiger partial charge >= 0.3 is 0 Å². The van der Waals surface area contributed by atoms with E-state index in [1.807, 2.05) is 19.3 Å². The lowest BCUT2D eigenvalue weighted by molar-refractivity contribution is 0.190. The van der Waals surface area contributed by atoms with Crippen molar-refractivity contribution in [3.63, 3.8) is 0 Å². The van der Waals surface area contributed by atoms with Gasteiger partial charge in [0.05, 0.1) is 6.04 Å². The molecule has 1 fully saturated rings. The van der Waals surface area contributed by atoms with Gasteiger partial charge in [0, 0.05) is 12.7 Å². The number of hydrogen-bond acceptors (Lipinski definition) is 3. The Hall–Kier alpha value is -0.450. The second-order valence-corrected chi connectivity index (χ2v) is 4.30. The number of pyridine rings is 1. The Morgan fingerprint density at radius 1 is 1.57 bits per heavy atom. The molecule has 0 aliphatic carbocycles. The van der Waals surface area contributed by atoms with Crippen molar-refractivity contribution in [1.82, 2.24) is 15.4 Å². The maximum atomic E-state index is 4.25. The second-order valence-electron chi connectivity index (χ2n) is 3.49. The van der Waals surface area contributed by atoms with Crippen LogP contribution in [0.3, 0.4) is 0 Å². The molecule has 14 heavy (non-hydrogen) atoms. The van der Waals surface area contributed by atoms with Crippen molar-refractivity contribution in [3.8, 4) is 0 Å². The van der Waals surface area contributed by atoms with Crippen molar-refractivity contribution in [1.29, 1.82) is 0 Å². The van der Waals surface area contributed by atoms with Gasteiger partial charge in [-0.2, -0.15) is 0 Å². The van der Waals surface area contributed by atoms with Crippen molar-refractivity contribution in [2.45, 2.75) is 18.9 Å². The van der Waals surface area contributed by atoms with Gasteiger partial charge in [0.2, 0.25) is 0 Å². The fourth-order valence-corrected chi connectivity index (χ4v) is 2.20. The normalized spacial score (nSPS) is 22.9. The van der Waals surface area contributed by atoms with E-state index in [2.05, 4.69) is 37.4 Å². The fourth-order valence-electron chi connectivity index (χ4n) is 1.97. The van der Waals surface area contributed by atoms with Crippen LogP contribution < -0.4 is 5.43 Å². The Labute approximate surface area is 92.6 Å². The molecule has 1 atom stereocenters. The smallest absolute Gasteiger partial charge is 0.106 e. The summed E-state index contributed by atoms with van der Waals surface area (Å²) in [6.45, 7) is 1.12. The van der Waals surface area contributed by atoms with Gasteiger partial charge in [-0.25, -0.2) is 9.99 Å². The van der Waals surface area contributed by atoms with Gasteiger partial charge in [-0.05, 0) is 47.4 Å². The van der Waals surface area contributed by atoms with Crippen LogP contribution in [0, 0.1) is 0 Å². The summed E-state index contributed by atoms with van der Waals surface area (Å²) < 4.78 is 0.898. The first-order valence-corrected chi connectivity index (χ1v) is 5.66. The van der Waals surface area contributed by atoms with Gasteiger partial charge in [0.25, 0.3) is 0 Å². The van der Waals surface area contributed by atoms with Crippen molar-refractivity contribution < 1.29 is 0 Å². The first-order valence-electron chi connectivity index (χ1n) is 4.87. The summed E-state index contributed by atoms with van der Waals surface area (Å²) >= 11 is 3.35. The summed E-state index contributed by atoms with van der Waals surface area (Å²) in [5, 5.41) is 2.27. The molecule has 76 valence electrons. The predicted octanol–water partition coefficient (Wildman–Crippen LogP) is 2.12. The summed E-state index contributed by atoms with van der Waals surface area (Å²) in [4.78, 5) is 4.25. The standard InChI is InChI=1S/C10H14BrN3/c1-12-14-6-2-3-9(14)8-4-5-10(11)13-7-8/h4-5,7,9,12H,2-3,6H2,1H3/t9-/m0/s1. The molecule has 1 N–H and O–H groups in total. The molecule has 0 radical (unpaired) electrons. The SMILES string of the molecule is CNN1CCC[C@H]1c1ccc(Br)nc1. The molecule has 3 nitrogen and oxygen atoms in total. The van der Waals surface area contributed by atoms with E-state index >= 15 is 0 Å². The first kappa shape index (κ1) is 10.1. The van der Waals surface area contributed by atoms with Crippen molar-refractivity contribution in [3.05, 3.63) is 28.5 Å². The summed E-state index contributed by atoms with van der Waals surface area (Å²) in [6.07, 6.45) is 4.41. The summed E-state index contributed by atoms with van der Waals surface area (Å²) in [5.41, 5.74) is 4.51. The quantitative estimate of drug-likeness (QED) is 0.821. The number of hydrazine groups is 1. The average molecular weight is 256 g/mol. The van der Waals surface area contributed by atoms with Crippen LogP contribution in [0.1, 0.15) is 24.4 Å². The van der Waals surface area contributed by atoms with Gasteiger partial charge in [-0.1, -0.05) is 6.07 Å². The highest BCUT2D eigenvalue weighted by atomic mass is 79.9. The zero-order valence-electron chi connectivity index (χ0n) is 8.20. The lowest BCUT2D eigenvalue weighted by Crippen LogP contribution is -2.34. The fraction of sp³-hybridized carbons (Fsp3) is 0.500. The minimum absolute atomic E-state index is 0.487. The van der Waals surface area contributed by atoms with Gasteiger partial charge in [-0.15, -0.1) is 0 Å². The van der Waals surface area contributed by atoms with Crippen LogP contribution >= 0.6 is 15.9 Å². The monoisotopic (exact) mass is 255 g/mol. The molecule has 0 bridgehead atoms. The van der Waals surface area contributed by atoms with Crippen molar-refractivity contribution >= 4 is 15.9 Å².